The molecule has 0 unspecified atom stereocenters. The highest BCUT2D eigenvalue weighted by Crippen LogP contribution is 2.26. The van der Waals surface area contributed by atoms with E-state index in [1.807, 2.05) is 0 Å². The Morgan fingerprint density at radius 3 is 2.27 bits per heavy atom. The van der Waals surface area contributed by atoms with E-state index in [9.17, 15) is 9.59 Å². The molecule has 0 aromatic carbocycles. The molecule has 0 aliphatic rings. The smallest absolute Gasteiger partial charge is 0.342 e. The first-order valence-electron chi connectivity index (χ1n) is 8.00. The Bertz CT molecular complexity index is 968. The second-order valence-electron chi connectivity index (χ2n) is 5.22. The van der Waals surface area contributed by atoms with Crippen LogP contribution in [0.3, 0.4) is 0 Å². The molecule has 3 aromatic heterocycles. The number of esters is 2. The van der Waals surface area contributed by atoms with Gasteiger partial charge in [-0.2, -0.15) is 0 Å². The Morgan fingerprint density at radius 1 is 1.04 bits per heavy atom. The lowest BCUT2D eigenvalue weighted by atomic mass is 10.1. The van der Waals surface area contributed by atoms with Crippen molar-refractivity contribution in [3.05, 3.63) is 41.7 Å². The number of rotatable bonds is 5. The van der Waals surface area contributed by atoms with Gasteiger partial charge in [-0.05, 0) is 32.0 Å². The van der Waals surface area contributed by atoms with Gasteiger partial charge in [0.1, 0.15) is 16.9 Å². The molecule has 3 rings (SSSR count). The fraction of sp³-hybridized carbons (Fsp3) is 0.235. The summed E-state index contributed by atoms with van der Waals surface area (Å²) >= 11 is 0. The van der Waals surface area contributed by atoms with Crippen LogP contribution in [0.25, 0.3) is 17.0 Å². The van der Waals surface area contributed by atoms with Gasteiger partial charge in [-0.25, -0.2) is 9.59 Å². The molecule has 0 fully saturated rings. The lowest BCUT2D eigenvalue weighted by Crippen LogP contribution is -2.16. The number of hydrogen-bond acceptors (Lipinski definition) is 8. The second kappa shape index (κ2) is 7.18. The number of hydrogen-bond donors (Lipinski definition) is 1. The van der Waals surface area contributed by atoms with Gasteiger partial charge in [0.15, 0.2) is 11.5 Å². The molecule has 0 saturated heterocycles. The Morgan fingerprint density at radius 2 is 1.65 bits per heavy atom. The number of nitrogens with zero attached hydrogens (tertiary/aromatic N) is 4. The van der Waals surface area contributed by atoms with Crippen LogP contribution in [0.5, 0.6) is 0 Å². The monoisotopic (exact) mass is 355 g/mol. The standard InChI is InChI=1S/C17H17N5O4/c1-3-25-16(23)11-9-12(17(24)26-4-2)15-21-20-14(22(15)13(11)18)10-5-7-19-8-6-10/h5-9H,3-4,18H2,1-2H3. The average Bonchev–Trinajstić information content (AvgIpc) is 3.08. The third-order valence-electron chi connectivity index (χ3n) is 3.64. The number of carbonyl (C=O) groups excluding carboxylic acids is 2. The van der Waals surface area contributed by atoms with Crippen molar-refractivity contribution < 1.29 is 19.1 Å². The molecule has 0 aliphatic heterocycles. The molecule has 0 aliphatic carbocycles. The minimum Gasteiger partial charge on any atom is -0.462 e. The predicted octanol–water partition coefficient (Wildman–Crippen LogP) is 1.73. The molecular formula is C17H17N5O4. The Hall–Kier alpha value is -3.49. The van der Waals surface area contributed by atoms with E-state index in [2.05, 4.69) is 15.2 Å². The summed E-state index contributed by atoms with van der Waals surface area (Å²) in [7, 11) is 0. The Labute approximate surface area is 148 Å². The van der Waals surface area contributed by atoms with Crippen LogP contribution in [0.2, 0.25) is 0 Å². The summed E-state index contributed by atoms with van der Waals surface area (Å²) in [6, 6.07) is 4.76. The largest absolute Gasteiger partial charge is 0.462 e. The summed E-state index contributed by atoms with van der Waals surface area (Å²) in [5, 5.41) is 8.19. The molecule has 0 bridgehead atoms. The lowest BCUT2D eigenvalue weighted by Gasteiger charge is -2.12. The fourth-order valence-corrected chi connectivity index (χ4v) is 2.51. The molecular weight excluding hydrogens is 338 g/mol. The van der Waals surface area contributed by atoms with Gasteiger partial charge in [0, 0.05) is 18.0 Å². The van der Waals surface area contributed by atoms with Gasteiger partial charge in [0.2, 0.25) is 0 Å². The van der Waals surface area contributed by atoms with Crippen molar-refractivity contribution in [2.45, 2.75) is 13.8 Å². The summed E-state index contributed by atoms with van der Waals surface area (Å²) in [6.07, 6.45) is 3.18. The highest BCUT2D eigenvalue weighted by atomic mass is 16.5. The number of anilines is 1. The molecule has 0 radical (unpaired) electrons. The predicted molar refractivity (Wildman–Crippen MR) is 92.5 cm³/mol. The van der Waals surface area contributed by atoms with Crippen LogP contribution in [-0.4, -0.2) is 44.7 Å². The first kappa shape index (κ1) is 17.3. The Kier molecular flexibility index (Phi) is 4.78. The van der Waals surface area contributed by atoms with Gasteiger partial charge in [0.25, 0.3) is 0 Å². The number of pyridine rings is 2. The van der Waals surface area contributed by atoms with E-state index in [-0.39, 0.29) is 35.8 Å². The van der Waals surface area contributed by atoms with Crippen LogP contribution < -0.4 is 5.73 Å². The first-order chi connectivity index (χ1) is 12.6. The van der Waals surface area contributed by atoms with E-state index >= 15 is 0 Å². The van der Waals surface area contributed by atoms with E-state index in [0.717, 1.165) is 0 Å². The Balaban J connectivity index is 2.31. The van der Waals surface area contributed by atoms with Crippen LogP contribution in [0.15, 0.2) is 30.6 Å². The van der Waals surface area contributed by atoms with Crippen LogP contribution in [0, 0.1) is 0 Å². The molecule has 26 heavy (non-hydrogen) atoms. The molecule has 9 nitrogen and oxygen atoms in total. The van der Waals surface area contributed by atoms with Crippen molar-refractivity contribution in [2.24, 2.45) is 0 Å². The number of nitrogens with two attached hydrogens (primary N) is 1. The number of fused-ring (bicyclic) bond motifs is 1. The van der Waals surface area contributed by atoms with Crippen LogP contribution in [0.4, 0.5) is 5.82 Å². The maximum absolute atomic E-state index is 12.3. The quantitative estimate of drug-likeness (QED) is 0.687. The highest BCUT2D eigenvalue weighted by molar-refractivity contribution is 6.02. The topological polar surface area (TPSA) is 122 Å². The van der Waals surface area contributed by atoms with Crippen LogP contribution >= 0.6 is 0 Å². The van der Waals surface area contributed by atoms with Crippen LogP contribution in [0.1, 0.15) is 34.6 Å². The third kappa shape index (κ3) is 2.94. The number of aromatic nitrogens is 4. The number of nitrogen functional groups attached to an aromatic ring is 1. The van der Waals surface area contributed by atoms with Gasteiger partial charge >= 0.3 is 11.9 Å². The van der Waals surface area contributed by atoms with Crippen molar-refractivity contribution in [3.8, 4) is 11.4 Å². The van der Waals surface area contributed by atoms with Crippen molar-refractivity contribution in [2.75, 3.05) is 18.9 Å². The van der Waals surface area contributed by atoms with E-state index in [1.165, 1.54) is 10.5 Å². The van der Waals surface area contributed by atoms with Gasteiger partial charge in [-0.3, -0.25) is 9.38 Å². The van der Waals surface area contributed by atoms with E-state index in [0.29, 0.717) is 11.4 Å². The zero-order valence-corrected chi connectivity index (χ0v) is 14.3. The zero-order chi connectivity index (χ0) is 18.7. The summed E-state index contributed by atoms with van der Waals surface area (Å²) in [6.45, 7) is 3.71. The van der Waals surface area contributed by atoms with Gasteiger partial charge in [-0.15, -0.1) is 10.2 Å². The summed E-state index contributed by atoms with van der Waals surface area (Å²) in [5.41, 5.74) is 7.18. The molecule has 0 spiro atoms. The van der Waals surface area contributed by atoms with Crippen molar-refractivity contribution in [1.29, 1.82) is 0 Å². The molecule has 3 heterocycles. The highest BCUT2D eigenvalue weighted by Gasteiger charge is 2.25. The summed E-state index contributed by atoms with van der Waals surface area (Å²) < 4.78 is 11.5. The van der Waals surface area contributed by atoms with Gasteiger partial charge in [0.05, 0.1) is 13.2 Å². The SMILES string of the molecule is CCOC(=O)c1cc(C(=O)OCC)c2nnc(-c3ccncc3)n2c1N. The van der Waals surface area contributed by atoms with Crippen LogP contribution in [-0.2, 0) is 9.47 Å². The first-order valence-corrected chi connectivity index (χ1v) is 8.00. The van der Waals surface area contributed by atoms with Gasteiger partial charge < -0.3 is 15.2 Å². The maximum atomic E-state index is 12.3. The van der Waals surface area contributed by atoms with Crippen molar-refractivity contribution in [3.63, 3.8) is 0 Å². The summed E-state index contributed by atoms with van der Waals surface area (Å²) in [4.78, 5) is 28.6. The second-order valence-corrected chi connectivity index (χ2v) is 5.22. The molecule has 2 N–H and O–H groups in total. The molecule has 9 heteroatoms. The fourth-order valence-electron chi connectivity index (χ4n) is 2.51. The molecule has 0 saturated carbocycles. The minimum absolute atomic E-state index is 0.0394. The number of carbonyl (C=O) groups is 2. The molecule has 0 amide bonds. The van der Waals surface area contributed by atoms with E-state index in [4.69, 9.17) is 15.2 Å². The average molecular weight is 355 g/mol. The maximum Gasteiger partial charge on any atom is 0.342 e. The van der Waals surface area contributed by atoms with Crippen molar-refractivity contribution in [1.82, 2.24) is 19.6 Å². The van der Waals surface area contributed by atoms with Crippen molar-refractivity contribution >= 4 is 23.4 Å². The lowest BCUT2D eigenvalue weighted by molar-refractivity contribution is 0.0526. The van der Waals surface area contributed by atoms with E-state index in [1.54, 1.807) is 38.4 Å². The number of ether oxygens (including phenoxy) is 2. The zero-order valence-electron chi connectivity index (χ0n) is 14.3. The van der Waals surface area contributed by atoms with E-state index < -0.39 is 11.9 Å². The normalized spacial score (nSPS) is 10.7. The molecule has 3 aromatic rings. The molecule has 134 valence electrons. The van der Waals surface area contributed by atoms with Gasteiger partial charge in [-0.1, -0.05) is 0 Å². The third-order valence-corrected chi connectivity index (χ3v) is 3.64. The summed E-state index contributed by atoms with van der Waals surface area (Å²) in [5.74, 6) is -0.830. The minimum atomic E-state index is -0.646. The molecule has 0 atom stereocenters.